The second-order valence-electron chi connectivity index (χ2n) is 5.88. The fourth-order valence-corrected chi connectivity index (χ4v) is 4.88. The van der Waals surface area contributed by atoms with Gasteiger partial charge in [0.05, 0.1) is 6.10 Å². The lowest BCUT2D eigenvalue weighted by Gasteiger charge is -2.34. The fourth-order valence-electron chi connectivity index (χ4n) is 2.88. The summed E-state index contributed by atoms with van der Waals surface area (Å²) in [6.07, 6.45) is 0.328. The maximum Gasteiger partial charge on any atom is 0.241 e. The third-order valence-corrected chi connectivity index (χ3v) is 7.00. The van der Waals surface area contributed by atoms with E-state index in [1.54, 1.807) is 18.2 Å². The van der Waals surface area contributed by atoms with Crippen LogP contribution in [0.3, 0.4) is 0 Å². The Morgan fingerprint density at radius 2 is 1.84 bits per heavy atom. The van der Waals surface area contributed by atoms with E-state index in [0.29, 0.717) is 18.7 Å². The lowest BCUT2D eigenvalue weighted by atomic mass is 9.95. The van der Waals surface area contributed by atoms with E-state index in [9.17, 15) is 18.3 Å². The molecule has 0 spiro atoms. The number of carbonyl (C=O) groups excluding carboxylic acids is 1. The Labute approximate surface area is 163 Å². The highest BCUT2D eigenvalue weighted by Gasteiger charge is 2.48. The van der Waals surface area contributed by atoms with E-state index in [-0.39, 0.29) is 41.8 Å². The molecule has 1 aromatic rings. The van der Waals surface area contributed by atoms with E-state index in [4.69, 9.17) is 23.2 Å². The van der Waals surface area contributed by atoms with Crippen molar-refractivity contribution >= 4 is 51.4 Å². The topological polar surface area (TPSA) is 95.5 Å². The van der Waals surface area contributed by atoms with Crippen LogP contribution in [0.25, 0.3) is 0 Å². The molecule has 10 heteroatoms. The summed E-state index contributed by atoms with van der Waals surface area (Å²) < 4.78 is 22.9. The summed E-state index contributed by atoms with van der Waals surface area (Å²) in [5, 5.41) is 16.4. The third-order valence-electron chi connectivity index (χ3n) is 4.32. The molecule has 0 aliphatic carbocycles. The molecule has 142 valence electrons. The van der Waals surface area contributed by atoms with Gasteiger partial charge in [0.2, 0.25) is 5.91 Å². The average molecular weight is 432 g/mol. The van der Waals surface area contributed by atoms with Gasteiger partial charge in [-0.05, 0) is 38.1 Å². The van der Waals surface area contributed by atoms with Crippen LogP contribution in [0.1, 0.15) is 24.5 Å². The summed E-state index contributed by atoms with van der Waals surface area (Å²) in [7, 11) is -3.60. The standard InChI is InChI=1S/C15H20Cl2N2O4S.ClH/c1-24(22,23)15(5-7-18-8-6-15)14(21)19-9-12(20)13-10(16)3-2-4-11(13)17;/h2-4,12,18,20H,5-9H2,1H3,(H,19,21);1H. The molecule has 1 aliphatic rings. The Morgan fingerprint density at radius 3 is 2.32 bits per heavy atom. The molecule has 3 N–H and O–H groups in total. The zero-order chi connectivity index (χ0) is 18.0. The quantitative estimate of drug-likeness (QED) is 0.660. The normalized spacial score (nSPS) is 18.1. The highest BCUT2D eigenvalue weighted by molar-refractivity contribution is 7.92. The van der Waals surface area contributed by atoms with Crippen LogP contribution in [0.4, 0.5) is 0 Å². The van der Waals surface area contributed by atoms with Crippen LogP contribution in [0.15, 0.2) is 18.2 Å². The molecule has 1 aromatic carbocycles. The van der Waals surface area contributed by atoms with Gasteiger partial charge in [-0.2, -0.15) is 0 Å². The maximum absolute atomic E-state index is 12.6. The molecule has 1 unspecified atom stereocenters. The molecule has 6 nitrogen and oxygen atoms in total. The number of carbonyl (C=O) groups is 1. The summed E-state index contributed by atoms with van der Waals surface area (Å²) >= 11 is 12.1. The van der Waals surface area contributed by atoms with E-state index in [1.165, 1.54) is 0 Å². The first-order valence-corrected chi connectivity index (χ1v) is 10.1. The smallest absolute Gasteiger partial charge is 0.241 e. The zero-order valence-electron chi connectivity index (χ0n) is 13.6. The van der Waals surface area contributed by atoms with Crippen molar-refractivity contribution in [1.82, 2.24) is 10.6 Å². The minimum Gasteiger partial charge on any atom is -0.386 e. The van der Waals surface area contributed by atoms with E-state index >= 15 is 0 Å². The van der Waals surface area contributed by atoms with E-state index in [0.717, 1.165) is 6.26 Å². The minimum atomic E-state index is -3.60. The summed E-state index contributed by atoms with van der Waals surface area (Å²) in [5.74, 6) is -0.603. The lowest BCUT2D eigenvalue weighted by Crippen LogP contribution is -2.57. The first-order valence-electron chi connectivity index (χ1n) is 7.49. The molecule has 1 amide bonds. The van der Waals surface area contributed by atoms with Gasteiger partial charge in [0.15, 0.2) is 14.6 Å². The van der Waals surface area contributed by atoms with Crippen molar-refractivity contribution in [3.63, 3.8) is 0 Å². The highest BCUT2D eigenvalue weighted by atomic mass is 35.5. The van der Waals surface area contributed by atoms with Gasteiger partial charge in [0, 0.05) is 28.4 Å². The van der Waals surface area contributed by atoms with Crippen molar-refractivity contribution in [1.29, 1.82) is 0 Å². The van der Waals surface area contributed by atoms with E-state index in [2.05, 4.69) is 10.6 Å². The summed E-state index contributed by atoms with van der Waals surface area (Å²) in [5.41, 5.74) is 0.305. The molecule has 2 rings (SSSR count). The number of benzene rings is 1. The van der Waals surface area contributed by atoms with Crippen molar-refractivity contribution in [2.24, 2.45) is 0 Å². The summed E-state index contributed by atoms with van der Waals surface area (Å²) in [4.78, 5) is 12.6. The van der Waals surface area contributed by atoms with Crippen molar-refractivity contribution in [2.45, 2.75) is 23.7 Å². The first-order chi connectivity index (χ1) is 11.2. The number of halogens is 3. The van der Waals surface area contributed by atoms with Crippen molar-refractivity contribution in [3.05, 3.63) is 33.8 Å². The van der Waals surface area contributed by atoms with Gasteiger partial charge in [-0.25, -0.2) is 8.42 Å². The lowest BCUT2D eigenvalue weighted by molar-refractivity contribution is -0.124. The number of aliphatic hydroxyl groups is 1. The van der Waals surface area contributed by atoms with Crippen molar-refractivity contribution in [2.75, 3.05) is 25.9 Å². The molecule has 1 atom stereocenters. The zero-order valence-corrected chi connectivity index (χ0v) is 16.7. The van der Waals surface area contributed by atoms with Gasteiger partial charge >= 0.3 is 0 Å². The number of hydrogen-bond donors (Lipinski definition) is 3. The summed E-state index contributed by atoms with van der Waals surface area (Å²) in [6.45, 7) is 0.714. The number of sulfone groups is 1. The van der Waals surface area contributed by atoms with E-state index in [1.807, 2.05) is 0 Å². The molecule has 0 bridgehead atoms. The van der Waals surface area contributed by atoms with Crippen LogP contribution in [0.5, 0.6) is 0 Å². The number of aliphatic hydroxyl groups excluding tert-OH is 1. The largest absolute Gasteiger partial charge is 0.386 e. The molecule has 1 aliphatic heterocycles. The Balaban J connectivity index is 0.00000312. The molecule has 0 saturated carbocycles. The Kier molecular flexibility index (Phi) is 7.98. The second kappa shape index (κ2) is 8.88. The SMILES string of the molecule is CS(=O)(=O)C1(C(=O)NCC(O)c2c(Cl)cccc2Cl)CCNCC1.Cl. The Hall–Kier alpha value is -0.570. The molecule has 1 saturated heterocycles. The van der Waals surface area contributed by atoms with Gasteiger partial charge in [-0.3, -0.25) is 4.79 Å². The van der Waals surface area contributed by atoms with Crippen LogP contribution in [-0.4, -0.2) is 50.1 Å². The molecule has 25 heavy (non-hydrogen) atoms. The number of amides is 1. The van der Waals surface area contributed by atoms with E-state index < -0.39 is 26.6 Å². The van der Waals surface area contributed by atoms with Gasteiger partial charge in [-0.15, -0.1) is 12.4 Å². The third kappa shape index (κ3) is 4.78. The fraction of sp³-hybridized carbons (Fsp3) is 0.533. The molecule has 0 radical (unpaired) electrons. The minimum absolute atomic E-state index is 0. The number of piperidine rings is 1. The molecule has 1 heterocycles. The van der Waals surface area contributed by atoms with Crippen molar-refractivity contribution < 1.29 is 18.3 Å². The van der Waals surface area contributed by atoms with Crippen LogP contribution in [0, 0.1) is 0 Å². The average Bonchev–Trinajstić information content (AvgIpc) is 2.52. The first kappa shape index (κ1) is 22.5. The Bertz CT molecular complexity index is 701. The maximum atomic E-state index is 12.6. The monoisotopic (exact) mass is 430 g/mol. The molecule has 1 fully saturated rings. The van der Waals surface area contributed by atoms with Gasteiger partial charge in [0.1, 0.15) is 0 Å². The number of rotatable bonds is 5. The second-order valence-corrected chi connectivity index (χ2v) is 9.02. The molecular weight excluding hydrogens is 411 g/mol. The van der Waals surface area contributed by atoms with Crippen molar-refractivity contribution in [3.8, 4) is 0 Å². The van der Waals surface area contributed by atoms with Crippen LogP contribution >= 0.6 is 35.6 Å². The predicted molar refractivity (Wildman–Crippen MR) is 101 cm³/mol. The highest BCUT2D eigenvalue weighted by Crippen LogP contribution is 2.31. The van der Waals surface area contributed by atoms with Gasteiger partial charge in [0.25, 0.3) is 0 Å². The molecule has 0 aromatic heterocycles. The van der Waals surface area contributed by atoms with Crippen LogP contribution < -0.4 is 10.6 Å². The number of nitrogens with one attached hydrogen (secondary N) is 2. The predicted octanol–water partition coefficient (Wildman–Crippen LogP) is 1.73. The van der Waals surface area contributed by atoms with Crippen LogP contribution in [0.2, 0.25) is 10.0 Å². The molecular formula is C15H21Cl3N2O4S. The van der Waals surface area contributed by atoms with Gasteiger partial charge in [-0.1, -0.05) is 29.3 Å². The Morgan fingerprint density at radius 1 is 1.32 bits per heavy atom. The number of hydrogen-bond acceptors (Lipinski definition) is 5. The summed E-state index contributed by atoms with van der Waals surface area (Å²) in [6, 6.07) is 4.81. The van der Waals surface area contributed by atoms with Gasteiger partial charge < -0.3 is 15.7 Å². The van der Waals surface area contributed by atoms with Crippen LogP contribution in [-0.2, 0) is 14.6 Å².